The fourth-order valence-corrected chi connectivity index (χ4v) is 3.17. The molecule has 0 aliphatic rings. The molecule has 2 heterocycles. The van der Waals surface area contributed by atoms with Crippen molar-refractivity contribution in [3.05, 3.63) is 33.3 Å². The van der Waals surface area contributed by atoms with Gasteiger partial charge in [0.1, 0.15) is 5.01 Å². The van der Waals surface area contributed by atoms with Gasteiger partial charge >= 0.3 is 5.00 Å². The van der Waals surface area contributed by atoms with Gasteiger partial charge < -0.3 is 10.4 Å². The summed E-state index contributed by atoms with van der Waals surface area (Å²) < 4.78 is 0. The van der Waals surface area contributed by atoms with E-state index in [1.54, 1.807) is 6.07 Å². The predicted octanol–water partition coefficient (Wildman–Crippen LogP) is 2.25. The zero-order chi connectivity index (χ0) is 13.7. The van der Waals surface area contributed by atoms with Gasteiger partial charge in [0.15, 0.2) is 0 Å². The number of thiophene rings is 1. The molecule has 102 valence electrons. The van der Waals surface area contributed by atoms with Crippen LogP contribution in [0.1, 0.15) is 12.1 Å². The van der Waals surface area contributed by atoms with Crippen molar-refractivity contribution >= 4 is 27.7 Å². The average Bonchev–Trinajstić information content (AvgIpc) is 3.03. The lowest BCUT2D eigenvalue weighted by Gasteiger charge is -1.99. The van der Waals surface area contributed by atoms with Crippen LogP contribution in [0.4, 0.5) is 5.00 Å². The van der Waals surface area contributed by atoms with Crippen LogP contribution in [0, 0.1) is 10.1 Å². The van der Waals surface area contributed by atoms with Crippen LogP contribution in [0.25, 0.3) is 9.88 Å². The molecule has 0 amide bonds. The van der Waals surface area contributed by atoms with Gasteiger partial charge in [-0.25, -0.2) is 4.98 Å². The van der Waals surface area contributed by atoms with E-state index < -0.39 is 0 Å². The highest BCUT2D eigenvalue weighted by molar-refractivity contribution is 7.22. The van der Waals surface area contributed by atoms with Crippen molar-refractivity contribution in [1.29, 1.82) is 0 Å². The molecule has 19 heavy (non-hydrogen) atoms. The fraction of sp³-hybridized carbons (Fsp3) is 0.364. The summed E-state index contributed by atoms with van der Waals surface area (Å²) in [4.78, 5) is 15.5. The Kier molecular flexibility index (Phi) is 4.97. The Hall–Kier alpha value is -1.35. The molecule has 0 radical (unpaired) electrons. The van der Waals surface area contributed by atoms with E-state index in [1.807, 2.05) is 5.38 Å². The molecule has 2 aromatic heterocycles. The van der Waals surface area contributed by atoms with E-state index in [9.17, 15) is 10.1 Å². The lowest BCUT2D eigenvalue weighted by Crippen LogP contribution is -2.15. The first kappa shape index (κ1) is 14.1. The van der Waals surface area contributed by atoms with Crippen molar-refractivity contribution in [3.8, 4) is 9.88 Å². The number of aliphatic hydroxyl groups excluding tert-OH is 1. The summed E-state index contributed by atoms with van der Waals surface area (Å²) in [7, 11) is 0. The molecule has 0 saturated heterocycles. The summed E-state index contributed by atoms with van der Waals surface area (Å²) in [6.45, 7) is 1.56. The zero-order valence-corrected chi connectivity index (χ0v) is 11.7. The van der Waals surface area contributed by atoms with Crippen LogP contribution in [-0.2, 0) is 6.54 Å². The summed E-state index contributed by atoms with van der Waals surface area (Å²) in [6, 6.07) is 3.23. The molecule has 0 aliphatic carbocycles. The first-order valence-corrected chi connectivity index (χ1v) is 7.41. The Bertz CT molecular complexity index is 553. The maximum atomic E-state index is 10.6. The zero-order valence-electron chi connectivity index (χ0n) is 10.0. The smallest absolute Gasteiger partial charge is 0.324 e. The Labute approximate surface area is 117 Å². The summed E-state index contributed by atoms with van der Waals surface area (Å²) in [6.07, 6.45) is 0.716. The first-order valence-electron chi connectivity index (χ1n) is 5.71. The normalized spacial score (nSPS) is 10.8. The van der Waals surface area contributed by atoms with E-state index in [-0.39, 0.29) is 16.5 Å². The van der Waals surface area contributed by atoms with E-state index in [4.69, 9.17) is 5.11 Å². The topological polar surface area (TPSA) is 88.3 Å². The number of nitrogens with zero attached hydrogens (tertiary/aromatic N) is 2. The predicted molar refractivity (Wildman–Crippen MR) is 75.5 cm³/mol. The van der Waals surface area contributed by atoms with Crippen LogP contribution in [0.3, 0.4) is 0 Å². The summed E-state index contributed by atoms with van der Waals surface area (Å²) in [5, 5.41) is 25.3. The van der Waals surface area contributed by atoms with Crippen molar-refractivity contribution < 1.29 is 10.0 Å². The van der Waals surface area contributed by atoms with Crippen molar-refractivity contribution in [1.82, 2.24) is 10.3 Å². The second kappa shape index (κ2) is 6.71. The van der Waals surface area contributed by atoms with Gasteiger partial charge in [-0.1, -0.05) is 11.3 Å². The van der Waals surface area contributed by atoms with Crippen LogP contribution in [-0.4, -0.2) is 28.2 Å². The summed E-state index contributed by atoms with van der Waals surface area (Å²) in [5.74, 6) is 0. The third-order valence-electron chi connectivity index (χ3n) is 2.35. The van der Waals surface area contributed by atoms with Crippen LogP contribution in [0.2, 0.25) is 0 Å². The first-order chi connectivity index (χ1) is 9.20. The number of nitrogens with one attached hydrogen (secondary N) is 1. The monoisotopic (exact) mass is 299 g/mol. The van der Waals surface area contributed by atoms with Crippen LogP contribution >= 0.6 is 22.7 Å². The molecule has 0 spiro atoms. The van der Waals surface area contributed by atoms with Gasteiger partial charge in [0.05, 0.1) is 15.5 Å². The molecule has 2 N–H and O–H groups in total. The third kappa shape index (κ3) is 3.80. The van der Waals surface area contributed by atoms with Crippen molar-refractivity contribution in [2.75, 3.05) is 13.2 Å². The lowest BCUT2D eigenvalue weighted by molar-refractivity contribution is -0.380. The number of aromatic nitrogens is 1. The molecular weight excluding hydrogens is 286 g/mol. The molecule has 0 atom stereocenters. The molecule has 0 aromatic carbocycles. The number of rotatable bonds is 7. The molecule has 0 fully saturated rings. The van der Waals surface area contributed by atoms with Gasteiger partial charge in [-0.3, -0.25) is 10.1 Å². The van der Waals surface area contributed by atoms with E-state index in [1.165, 1.54) is 17.4 Å². The third-order valence-corrected chi connectivity index (χ3v) is 4.45. The van der Waals surface area contributed by atoms with Gasteiger partial charge in [0.2, 0.25) is 0 Å². The number of hydrogen-bond donors (Lipinski definition) is 2. The minimum absolute atomic E-state index is 0.132. The van der Waals surface area contributed by atoms with Crippen LogP contribution in [0.15, 0.2) is 17.5 Å². The Morgan fingerprint density at radius 3 is 3.00 bits per heavy atom. The van der Waals surface area contributed by atoms with Crippen LogP contribution < -0.4 is 5.32 Å². The Balaban J connectivity index is 1.97. The van der Waals surface area contributed by atoms with Gasteiger partial charge in [0.25, 0.3) is 0 Å². The summed E-state index contributed by atoms with van der Waals surface area (Å²) >= 11 is 2.61. The van der Waals surface area contributed by atoms with Gasteiger partial charge in [-0.2, -0.15) is 0 Å². The maximum absolute atomic E-state index is 10.6. The minimum Gasteiger partial charge on any atom is -0.396 e. The number of thiazole rings is 1. The highest BCUT2D eigenvalue weighted by Gasteiger charge is 2.13. The van der Waals surface area contributed by atoms with Gasteiger partial charge in [0, 0.05) is 24.6 Å². The maximum Gasteiger partial charge on any atom is 0.324 e. The average molecular weight is 299 g/mol. The van der Waals surface area contributed by atoms with Gasteiger partial charge in [-0.05, 0) is 19.0 Å². The second-order valence-corrected chi connectivity index (χ2v) is 5.71. The number of hydrogen-bond acceptors (Lipinski definition) is 7. The SMILES string of the molecule is O=[N+]([O-])c1ccc(-c2nc(CNCCCO)cs2)s1. The second-order valence-electron chi connectivity index (χ2n) is 3.79. The minimum atomic E-state index is -0.390. The largest absolute Gasteiger partial charge is 0.396 e. The molecular formula is C11H13N3O3S2. The molecule has 0 aliphatic heterocycles. The molecule has 0 saturated carbocycles. The van der Waals surface area contributed by atoms with Crippen molar-refractivity contribution in [2.45, 2.75) is 13.0 Å². The van der Waals surface area contributed by atoms with Crippen molar-refractivity contribution in [3.63, 3.8) is 0 Å². The lowest BCUT2D eigenvalue weighted by atomic mass is 10.4. The van der Waals surface area contributed by atoms with E-state index in [0.717, 1.165) is 33.5 Å². The number of nitro groups is 1. The highest BCUT2D eigenvalue weighted by atomic mass is 32.1. The number of aliphatic hydroxyl groups is 1. The molecule has 0 unspecified atom stereocenters. The molecule has 2 rings (SSSR count). The van der Waals surface area contributed by atoms with E-state index in [0.29, 0.717) is 13.0 Å². The quantitative estimate of drug-likeness (QED) is 0.465. The van der Waals surface area contributed by atoms with Crippen LogP contribution in [0.5, 0.6) is 0 Å². The Morgan fingerprint density at radius 2 is 2.32 bits per heavy atom. The molecule has 6 nitrogen and oxygen atoms in total. The highest BCUT2D eigenvalue weighted by Crippen LogP contribution is 2.34. The standard InChI is InChI=1S/C11H13N3O3S2/c15-5-1-4-12-6-8-7-18-11(13-8)9-2-3-10(19-9)14(16)17/h2-3,7,12,15H,1,4-6H2. The van der Waals surface area contributed by atoms with E-state index in [2.05, 4.69) is 10.3 Å². The molecule has 0 bridgehead atoms. The van der Waals surface area contributed by atoms with Gasteiger partial charge in [-0.15, -0.1) is 11.3 Å². The summed E-state index contributed by atoms with van der Waals surface area (Å²) in [5.41, 5.74) is 0.911. The van der Waals surface area contributed by atoms with E-state index >= 15 is 0 Å². The molecule has 8 heteroatoms. The Morgan fingerprint density at radius 1 is 1.47 bits per heavy atom. The molecule has 2 aromatic rings. The fourth-order valence-electron chi connectivity index (χ4n) is 1.46. The van der Waals surface area contributed by atoms with Crippen molar-refractivity contribution in [2.24, 2.45) is 0 Å².